The first-order valence-electron chi connectivity index (χ1n) is 10.6. The highest BCUT2D eigenvalue weighted by Gasteiger charge is 2.30. The van der Waals surface area contributed by atoms with Gasteiger partial charge in [-0.15, -0.1) is 11.8 Å². The third-order valence-electron chi connectivity index (χ3n) is 5.81. The summed E-state index contributed by atoms with van der Waals surface area (Å²) in [5.41, 5.74) is 3.42. The topological polar surface area (TPSA) is 58.3 Å². The second kappa shape index (κ2) is 8.98. The molecular formula is C27H21N3O2S2. The lowest BCUT2D eigenvalue weighted by molar-refractivity contribution is -0.114. The minimum absolute atomic E-state index is 0.0672. The quantitative estimate of drug-likeness (QED) is 0.185. The number of rotatable bonds is 4. The maximum atomic E-state index is 13.9. The zero-order valence-corrected chi connectivity index (χ0v) is 20.5. The highest BCUT2D eigenvalue weighted by Crippen LogP contribution is 2.49. The van der Waals surface area contributed by atoms with E-state index < -0.39 is 0 Å². The average molecular weight is 484 g/mol. The normalized spacial score (nSPS) is 12.8. The SMILES string of the molecule is COc1ccc2c(c1)c(/C=C(\C#N)C(=O)N1c3ccccc3Sc3ccc(SC)cc31)cn2C. The van der Waals surface area contributed by atoms with E-state index in [4.69, 9.17) is 4.74 Å². The van der Waals surface area contributed by atoms with Crippen LogP contribution in [0.1, 0.15) is 5.56 Å². The molecule has 0 unspecified atom stereocenters. The number of aryl methyl sites for hydroxylation is 1. The van der Waals surface area contributed by atoms with Crippen molar-refractivity contribution in [3.8, 4) is 11.8 Å². The van der Waals surface area contributed by atoms with E-state index in [1.54, 1.807) is 41.6 Å². The summed E-state index contributed by atoms with van der Waals surface area (Å²) < 4.78 is 7.37. The van der Waals surface area contributed by atoms with Gasteiger partial charge in [0.1, 0.15) is 17.4 Å². The van der Waals surface area contributed by atoms with Gasteiger partial charge in [-0.25, -0.2) is 0 Å². The highest BCUT2D eigenvalue weighted by atomic mass is 32.2. The number of ether oxygens (including phenoxy) is 1. The molecule has 5 nitrogen and oxygen atoms in total. The second-order valence-electron chi connectivity index (χ2n) is 7.79. The van der Waals surface area contributed by atoms with Gasteiger partial charge in [-0.1, -0.05) is 23.9 Å². The maximum Gasteiger partial charge on any atom is 0.273 e. The summed E-state index contributed by atoms with van der Waals surface area (Å²) in [6.45, 7) is 0. The van der Waals surface area contributed by atoms with E-state index in [9.17, 15) is 10.1 Å². The van der Waals surface area contributed by atoms with Crippen LogP contribution in [0, 0.1) is 11.3 Å². The highest BCUT2D eigenvalue weighted by molar-refractivity contribution is 8.00. The number of para-hydroxylation sites is 1. The zero-order valence-electron chi connectivity index (χ0n) is 18.9. The zero-order chi connectivity index (χ0) is 23.8. The Labute approximate surface area is 206 Å². The summed E-state index contributed by atoms with van der Waals surface area (Å²) in [6, 6.07) is 21.8. The van der Waals surface area contributed by atoms with Crippen LogP contribution >= 0.6 is 23.5 Å². The fraction of sp³-hybridized carbons (Fsp3) is 0.111. The Bertz CT molecular complexity index is 1510. The number of nitriles is 1. The number of hydrogen-bond donors (Lipinski definition) is 0. The first-order chi connectivity index (χ1) is 16.5. The number of anilines is 2. The molecule has 0 bridgehead atoms. The molecule has 0 saturated carbocycles. The smallest absolute Gasteiger partial charge is 0.273 e. The van der Waals surface area contributed by atoms with Gasteiger partial charge in [0.05, 0.1) is 18.5 Å². The number of carbonyl (C=O) groups excluding carboxylic acids is 1. The Morgan fingerprint density at radius 2 is 1.88 bits per heavy atom. The molecule has 0 fully saturated rings. The minimum Gasteiger partial charge on any atom is -0.497 e. The molecule has 1 aliphatic heterocycles. The number of aromatic nitrogens is 1. The van der Waals surface area contributed by atoms with Gasteiger partial charge in [0.2, 0.25) is 0 Å². The van der Waals surface area contributed by atoms with Gasteiger partial charge in [0.15, 0.2) is 0 Å². The van der Waals surface area contributed by atoms with Gasteiger partial charge in [0.25, 0.3) is 5.91 Å². The van der Waals surface area contributed by atoms with Crippen molar-refractivity contribution in [2.75, 3.05) is 18.3 Å². The molecule has 0 N–H and O–H groups in total. The van der Waals surface area contributed by atoms with Crippen molar-refractivity contribution in [3.63, 3.8) is 0 Å². The van der Waals surface area contributed by atoms with E-state index in [1.165, 1.54) is 0 Å². The van der Waals surface area contributed by atoms with Gasteiger partial charge in [0, 0.05) is 44.4 Å². The molecule has 0 atom stereocenters. The van der Waals surface area contributed by atoms with Crippen molar-refractivity contribution in [1.29, 1.82) is 5.26 Å². The van der Waals surface area contributed by atoms with Gasteiger partial charge in [-0.2, -0.15) is 5.26 Å². The van der Waals surface area contributed by atoms with Gasteiger partial charge < -0.3 is 9.30 Å². The Hall–Kier alpha value is -3.60. The molecule has 7 heteroatoms. The molecule has 5 rings (SSSR count). The molecule has 0 aliphatic carbocycles. The van der Waals surface area contributed by atoms with E-state index >= 15 is 0 Å². The number of amides is 1. The van der Waals surface area contributed by atoms with E-state index in [0.29, 0.717) is 0 Å². The van der Waals surface area contributed by atoms with Crippen molar-refractivity contribution in [1.82, 2.24) is 4.57 Å². The number of nitrogens with zero attached hydrogens (tertiary/aromatic N) is 3. The molecule has 1 aromatic heterocycles. The lowest BCUT2D eigenvalue weighted by Crippen LogP contribution is -2.29. The molecule has 3 aromatic carbocycles. The number of benzene rings is 3. The standard InChI is InChI=1S/C27H21N3O2S2/c1-29-16-18(21-13-19(32-2)8-10-22(21)29)12-17(15-28)27(31)30-23-6-4-5-7-25(23)34-26-11-9-20(33-3)14-24(26)30/h4-14,16H,1-3H3/b17-12+. The number of thioether (sulfide) groups is 1. The number of fused-ring (bicyclic) bond motifs is 3. The van der Waals surface area contributed by atoms with Crippen LogP contribution in [-0.4, -0.2) is 23.8 Å². The lowest BCUT2D eigenvalue weighted by Gasteiger charge is -2.31. The van der Waals surface area contributed by atoms with Crippen LogP contribution in [0.4, 0.5) is 11.4 Å². The Balaban J connectivity index is 1.65. The van der Waals surface area contributed by atoms with Crippen LogP contribution in [0.2, 0.25) is 0 Å². The fourth-order valence-corrected chi connectivity index (χ4v) is 5.61. The van der Waals surface area contributed by atoms with Crippen LogP contribution in [0.15, 0.2) is 87.1 Å². The third-order valence-corrected chi connectivity index (χ3v) is 7.67. The maximum absolute atomic E-state index is 13.9. The van der Waals surface area contributed by atoms with Crippen molar-refractivity contribution < 1.29 is 9.53 Å². The van der Waals surface area contributed by atoms with E-state index in [0.717, 1.165) is 48.3 Å². The van der Waals surface area contributed by atoms with Crippen LogP contribution in [0.3, 0.4) is 0 Å². The molecule has 0 saturated heterocycles. The van der Waals surface area contributed by atoms with Gasteiger partial charge in [-0.05, 0) is 60.9 Å². The summed E-state index contributed by atoms with van der Waals surface area (Å²) in [6.07, 6.45) is 5.61. The first kappa shape index (κ1) is 22.2. The number of hydrogen-bond acceptors (Lipinski definition) is 5. The molecular weight excluding hydrogens is 462 g/mol. The van der Waals surface area contributed by atoms with Crippen LogP contribution in [0.5, 0.6) is 5.75 Å². The van der Waals surface area contributed by atoms with Crippen molar-refractivity contribution in [3.05, 3.63) is 78.0 Å². The number of carbonyl (C=O) groups is 1. The van der Waals surface area contributed by atoms with Crippen LogP contribution in [-0.2, 0) is 11.8 Å². The molecule has 1 aliphatic rings. The Kier molecular flexibility index (Phi) is 5.86. The summed E-state index contributed by atoms with van der Waals surface area (Å²) in [7, 11) is 3.56. The van der Waals surface area contributed by atoms with E-state index in [-0.39, 0.29) is 11.5 Å². The Morgan fingerprint density at radius 1 is 1.09 bits per heavy atom. The molecule has 168 valence electrons. The summed E-state index contributed by atoms with van der Waals surface area (Å²) in [5, 5.41) is 11.0. The second-order valence-corrected chi connectivity index (χ2v) is 9.76. The van der Waals surface area contributed by atoms with Gasteiger partial charge >= 0.3 is 0 Å². The van der Waals surface area contributed by atoms with Crippen LogP contribution in [0.25, 0.3) is 17.0 Å². The third kappa shape index (κ3) is 3.75. The summed E-state index contributed by atoms with van der Waals surface area (Å²) in [4.78, 5) is 18.6. The lowest BCUT2D eigenvalue weighted by atomic mass is 10.1. The predicted molar refractivity (Wildman–Crippen MR) is 139 cm³/mol. The molecule has 4 aromatic rings. The monoisotopic (exact) mass is 483 g/mol. The number of methoxy groups -OCH3 is 1. The van der Waals surface area contributed by atoms with E-state index in [2.05, 4.69) is 12.1 Å². The molecule has 2 heterocycles. The molecule has 1 amide bonds. The first-order valence-corrected chi connectivity index (χ1v) is 12.6. The van der Waals surface area contributed by atoms with Crippen molar-refractivity contribution in [2.45, 2.75) is 14.7 Å². The average Bonchev–Trinajstić information content (AvgIpc) is 3.19. The Morgan fingerprint density at radius 3 is 2.65 bits per heavy atom. The molecule has 0 spiro atoms. The summed E-state index contributed by atoms with van der Waals surface area (Å²) >= 11 is 3.25. The summed E-state index contributed by atoms with van der Waals surface area (Å²) in [5.74, 6) is 0.369. The fourth-order valence-electron chi connectivity index (χ4n) is 4.14. The minimum atomic E-state index is -0.352. The predicted octanol–water partition coefficient (Wildman–Crippen LogP) is 6.65. The molecule has 34 heavy (non-hydrogen) atoms. The van der Waals surface area contributed by atoms with E-state index in [1.807, 2.05) is 78.7 Å². The molecule has 0 radical (unpaired) electrons. The van der Waals surface area contributed by atoms with Crippen molar-refractivity contribution >= 4 is 57.8 Å². The van der Waals surface area contributed by atoms with Crippen LogP contribution < -0.4 is 9.64 Å². The van der Waals surface area contributed by atoms with Crippen molar-refractivity contribution in [2.24, 2.45) is 7.05 Å². The van der Waals surface area contributed by atoms with Gasteiger partial charge in [-0.3, -0.25) is 9.69 Å². The largest absolute Gasteiger partial charge is 0.497 e.